The molecule has 4 bridgehead atoms. The van der Waals surface area contributed by atoms with Crippen molar-refractivity contribution in [2.75, 3.05) is 5.75 Å². The first kappa shape index (κ1) is 17.7. The van der Waals surface area contributed by atoms with Crippen LogP contribution in [0.5, 0.6) is 0 Å². The molecule has 0 saturated heterocycles. The highest BCUT2D eigenvalue weighted by Crippen LogP contribution is 2.61. The number of thioether (sulfide) groups is 1. The predicted molar refractivity (Wildman–Crippen MR) is 105 cm³/mol. The van der Waals surface area contributed by atoms with Crippen LogP contribution >= 0.6 is 23.4 Å². The smallest absolute Gasteiger partial charge is 0.221 e. The highest BCUT2D eigenvalue weighted by atomic mass is 35.5. The van der Waals surface area contributed by atoms with Crippen molar-refractivity contribution in [3.05, 3.63) is 29.3 Å². The number of benzene rings is 1. The average Bonchev–Trinajstić information content (AvgIpc) is 2.55. The predicted octanol–water partition coefficient (Wildman–Crippen LogP) is 5.54. The van der Waals surface area contributed by atoms with E-state index in [2.05, 4.69) is 12.2 Å². The molecule has 0 aromatic heterocycles. The maximum atomic E-state index is 12.4. The van der Waals surface area contributed by atoms with Gasteiger partial charge in [0.2, 0.25) is 5.91 Å². The Balaban J connectivity index is 1.27. The quantitative estimate of drug-likeness (QED) is 0.659. The summed E-state index contributed by atoms with van der Waals surface area (Å²) < 4.78 is 0. The molecule has 4 saturated carbocycles. The molecular weight excluding hydrogens is 350 g/mol. The molecule has 1 aromatic rings. The summed E-state index contributed by atoms with van der Waals surface area (Å²) in [7, 11) is 0. The van der Waals surface area contributed by atoms with Crippen molar-refractivity contribution in [1.29, 1.82) is 0 Å². The SMILES string of the molecule is C[C@H](NC(=O)CCSc1ccc(Cl)cc1)C12CC3CC(CC(C3)C1)C2. The van der Waals surface area contributed by atoms with Crippen LogP contribution in [0.25, 0.3) is 0 Å². The second-order valence-electron chi connectivity index (χ2n) is 8.62. The molecule has 0 heterocycles. The van der Waals surface area contributed by atoms with Crippen LogP contribution in [0.4, 0.5) is 0 Å². The normalized spacial score (nSPS) is 34.1. The number of amides is 1. The number of hydrogen-bond acceptors (Lipinski definition) is 2. The largest absolute Gasteiger partial charge is 0.353 e. The lowest BCUT2D eigenvalue weighted by molar-refractivity contribution is -0.125. The van der Waals surface area contributed by atoms with E-state index in [0.717, 1.165) is 28.5 Å². The second-order valence-corrected chi connectivity index (χ2v) is 10.2. The molecule has 1 amide bonds. The van der Waals surface area contributed by atoms with Gasteiger partial charge >= 0.3 is 0 Å². The molecule has 0 radical (unpaired) electrons. The van der Waals surface area contributed by atoms with E-state index in [1.54, 1.807) is 11.8 Å². The van der Waals surface area contributed by atoms with Crippen LogP contribution in [0.1, 0.15) is 51.9 Å². The molecule has 1 N–H and O–H groups in total. The summed E-state index contributed by atoms with van der Waals surface area (Å²) in [5.74, 6) is 3.84. The van der Waals surface area contributed by atoms with E-state index in [0.29, 0.717) is 17.9 Å². The summed E-state index contributed by atoms with van der Waals surface area (Å²) in [4.78, 5) is 13.6. The summed E-state index contributed by atoms with van der Waals surface area (Å²) in [6.45, 7) is 2.26. The second kappa shape index (κ2) is 7.15. The van der Waals surface area contributed by atoms with E-state index in [1.165, 1.54) is 43.4 Å². The molecule has 0 aliphatic heterocycles. The molecule has 5 rings (SSSR count). The summed E-state index contributed by atoms with van der Waals surface area (Å²) in [5.41, 5.74) is 0.397. The third-order valence-corrected chi connectivity index (χ3v) is 8.06. The summed E-state index contributed by atoms with van der Waals surface area (Å²) in [5, 5.41) is 4.11. The number of rotatable bonds is 6. The molecular formula is C21H28ClNOS. The molecule has 0 unspecified atom stereocenters. The van der Waals surface area contributed by atoms with Crippen LogP contribution in [-0.4, -0.2) is 17.7 Å². The molecule has 4 aliphatic carbocycles. The van der Waals surface area contributed by atoms with Gasteiger partial charge in [-0.15, -0.1) is 11.8 Å². The minimum Gasteiger partial charge on any atom is -0.353 e. The summed E-state index contributed by atoms with van der Waals surface area (Å²) in [6, 6.07) is 8.17. The first-order valence-electron chi connectivity index (χ1n) is 9.70. The molecule has 1 atom stereocenters. The third kappa shape index (κ3) is 3.88. The Labute approximate surface area is 160 Å². The van der Waals surface area contributed by atoms with Gasteiger partial charge < -0.3 is 5.32 Å². The lowest BCUT2D eigenvalue weighted by Crippen LogP contribution is -2.55. The maximum absolute atomic E-state index is 12.4. The Hall–Kier alpha value is -0.670. The van der Waals surface area contributed by atoms with Gasteiger partial charge in [-0.2, -0.15) is 0 Å². The molecule has 136 valence electrons. The molecule has 1 aromatic carbocycles. The minimum atomic E-state index is 0.213. The molecule has 0 spiro atoms. The van der Waals surface area contributed by atoms with Gasteiger partial charge in [-0.05, 0) is 92.9 Å². The number of carbonyl (C=O) groups excluding carboxylic acids is 1. The van der Waals surface area contributed by atoms with Crippen LogP contribution in [-0.2, 0) is 4.79 Å². The fraction of sp³-hybridized carbons (Fsp3) is 0.667. The number of hydrogen-bond donors (Lipinski definition) is 1. The first-order valence-corrected chi connectivity index (χ1v) is 11.1. The van der Waals surface area contributed by atoms with Crippen LogP contribution in [0.15, 0.2) is 29.2 Å². The lowest BCUT2D eigenvalue weighted by atomic mass is 9.48. The van der Waals surface area contributed by atoms with Crippen molar-refractivity contribution in [2.24, 2.45) is 23.2 Å². The highest BCUT2D eigenvalue weighted by Gasteiger charge is 2.53. The van der Waals surface area contributed by atoms with Crippen molar-refractivity contribution in [3.8, 4) is 0 Å². The Morgan fingerprint density at radius 1 is 1.16 bits per heavy atom. The summed E-state index contributed by atoms with van der Waals surface area (Å²) in [6.07, 6.45) is 9.00. The van der Waals surface area contributed by atoms with Crippen LogP contribution < -0.4 is 5.32 Å². The van der Waals surface area contributed by atoms with Crippen molar-refractivity contribution >= 4 is 29.3 Å². The van der Waals surface area contributed by atoms with E-state index >= 15 is 0 Å². The first-order chi connectivity index (χ1) is 12.0. The monoisotopic (exact) mass is 377 g/mol. The fourth-order valence-electron chi connectivity index (χ4n) is 5.97. The van der Waals surface area contributed by atoms with Crippen molar-refractivity contribution in [3.63, 3.8) is 0 Å². The van der Waals surface area contributed by atoms with Gasteiger partial charge in [-0.3, -0.25) is 4.79 Å². The van der Waals surface area contributed by atoms with Crippen molar-refractivity contribution < 1.29 is 4.79 Å². The molecule has 4 heteroatoms. The Morgan fingerprint density at radius 3 is 2.28 bits per heavy atom. The van der Waals surface area contributed by atoms with Crippen molar-refractivity contribution in [2.45, 2.75) is 62.8 Å². The van der Waals surface area contributed by atoms with Gasteiger partial charge in [0.1, 0.15) is 0 Å². The zero-order chi connectivity index (χ0) is 17.4. The number of carbonyl (C=O) groups is 1. The number of halogens is 1. The molecule has 2 nitrogen and oxygen atoms in total. The number of nitrogens with one attached hydrogen (secondary N) is 1. The fourth-order valence-corrected chi connectivity index (χ4v) is 6.94. The van der Waals surface area contributed by atoms with Gasteiger partial charge in [-0.25, -0.2) is 0 Å². The van der Waals surface area contributed by atoms with E-state index in [-0.39, 0.29) is 5.91 Å². The van der Waals surface area contributed by atoms with Gasteiger partial charge in [0.15, 0.2) is 0 Å². The van der Waals surface area contributed by atoms with Gasteiger partial charge in [-0.1, -0.05) is 11.6 Å². The van der Waals surface area contributed by atoms with Crippen LogP contribution in [0.2, 0.25) is 5.02 Å². The van der Waals surface area contributed by atoms with Crippen LogP contribution in [0.3, 0.4) is 0 Å². The van der Waals surface area contributed by atoms with Crippen LogP contribution in [0, 0.1) is 23.2 Å². The maximum Gasteiger partial charge on any atom is 0.221 e. The Kier molecular flexibility index (Phi) is 5.07. The Morgan fingerprint density at radius 2 is 1.72 bits per heavy atom. The highest BCUT2D eigenvalue weighted by molar-refractivity contribution is 7.99. The van der Waals surface area contributed by atoms with E-state index in [4.69, 9.17) is 11.6 Å². The molecule has 4 fully saturated rings. The minimum absolute atomic E-state index is 0.213. The lowest BCUT2D eigenvalue weighted by Gasteiger charge is -2.59. The molecule has 25 heavy (non-hydrogen) atoms. The van der Waals surface area contributed by atoms with Gasteiger partial charge in [0.05, 0.1) is 0 Å². The zero-order valence-corrected chi connectivity index (χ0v) is 16.5. The third-order valence-electron chi connectivity index (χ3n) is 6.79. The molecule has 4 aliphatic rings. The zero-order valence-electron chi connectivity index (χ0n) is 15.0. The van der Waals surface area contributed by atoms with E-state index in [9.17, 15) is 4.79 Å². The van der Waals surface area contributed by atoms with Gasteiger partial charge in [0.25, 0.3) is 0 Å². The van der Waals surface area contributed by atoms with E-state index < -0.39 is 0 Å². The van der Waals surface area contributed by atoms with Crippen molar-refractivity contribution in [1.82, 2.24) is 5.32 Å². The van der Waals surface area contributed by atoms with Gasteiger partial charge in [0, 0.05) is 28.1 Å². The summed E-state index contributed by atoms with van der Waals surface area (Å²) >= 11 is 7.63. The van der Waals surface area contributed by atoms with E-state index in [1.807, 2.05) is 24.3 Å². The standard InChI is InChI=1S/C21H28ClNOS/c1-14(21-11-15-8-16(12-21)10-17(9-15)13-21)23-20(24)6-7-25-19-4-2-18(22)3-5-19/h2-5,14-17H,6-13H2,1H3,(H,23,24)/t14-,15?,16?,17?,21?/m0/s1. The average molecular weight is 378 g/mol. The topological polar surface area (TPSA) is 29.1 Å². The Bertz CT molecular complexity index is 594.